The number of halogens is 2. The van der Waals surface area contributed by atoms with Gasteiger partial charge in [0.2, 0.25) is 0 Å². The number of ether oxygens (including phenoxy) is 2. The standard InChI is InChI=1S/C18H21F2N3O4/c1-25-11-17-21-16(22-27-17)6-9-26-13-4-7-23(8-5-13)18(24)14-3-2-12(19)10-15(14)20/h2-3,10,13H,4-9,11H2,1H3. The van der Waals surface area contributed by atoms with Gasteiger partial charge >= 0.3 is 0 Å². The molecule has 1 aromatic carbocycles. The SMILES string of the molecule is COCc1nc(CCOC2CCN(C(=O)c3ccc(F)cc3F)CC2)no1. The fourth-order valence-electron chi connectivity index (χ4n) is 2.95. The highest BCUT2D eigenvalue weighted by Crippen LogP contribution is 2.18. The quantitative estimate of drug-likeness (QED) is 0.733. The second kappa shape index (κ2) is 9.01. The molecule has 1 saturated heterocycles. The van der Waals surface area contributed by atoms with Crippen molar-refractivity contribution in [1.82, 2.24) is 15.0 Å². The minimum absolute atomic E-state index is 0.0115. The largest absolute Gasteiger partial charge is 0.378 e. The summed E-state index contributed by atoms with van der Waals surface area (Å²) >= 11 is 0. The topological polar surface area (TPSA) is 77.7 Å². The van der Waals surface area contributed by atoms with E-state index in [1.54, 1.807) is 12.0 Å². The van der Waals surface area contributed by atoms with Gasteiger partial charge in [0, 0.05) is 32.7 Å². The van der Waals surface area contributed by atoms with Crippen molar-refractivity contribution in [2.75, 3.05) is 26.8 Å². The maximum Gasteiger partial charge on any atom is 0.256 e. The van der Waals surface area contributed by atoms with Gasteiger partial charge in [-0.05, 0) is 25.0 Å². The van der Waals surface area contributed by atoms with E-state index in [9.17, 15) is 13.6 Å². The molecule has 1 aromatic heterocycles. The number of hydrogen-bond donors (Lipinski definition) is 0. The third-order valence-corrected chi connectivity index (χ3v) is 4.35. The number of carbonyl (C=O) groups excluding carboxylic acids is 1. The van der Waals surface area contributed by atoms with E-state index in [0.717, 1.165) is 12.1 Å². The highest BCUT2D eigenvalue weighted by molar-refractivity contribution is 5.94. The normalized spacial score (nSPS) is 15.3. The highest BCUT2D eigenvalue weighted by atomic mass is 19.1. The number of likely N-dealkylation sites (tertiary alicyclic amines) is 1. The third-order valence-electron chi connectivity index (χ3n) is 4.35. The molecule has 0 bridgehead atoms. The molecule has 0 aliphatic carbocycles. The van der Waals surface area contributed by atoms with Crippen LogP contribution in [0.1, 0.15) is 34.9 Å². The molecule has 0 atom stereocenters. The van der Waals surface area contributed by atoms with Gasteiger partial charge in [-0.25, -0.2) is 8.78 Å². The van der Waals surface area contributed by atoms with Crippen LogP contribution < -0.4 is 0 Å². The number of amides is 1. The second-order valence-corrected chi connectivity index (χ2v) is 6.27. The third kappa shape index (κ3) is 5.08. The first kappa shape index (κ1) is 19.4. The molecule has 0 unspecified atom stereocenters. The van der Waals surface area contributed by atoms with E-state index < -0.39 is 17.5 Å². The number of carbonyl (C=O) groups is 1. The maximum absolute atomic E-state index is 13.8. The van der Waals surface area contributed by atoms with Crippen LogP contribution in [0.4, 0.5) is 8.78 Å². The van der Waals surface area contributed by atoms with Crippen LogP contribution in [0.5, 0.6) is 0 Å². The number of nitrogens with zero attached hydrogens (tertiary/aromatic N) is 3. The van der Waals surface area contributed by atoms with Gasteiger partial charge in [-0.3, -0.25) is 4.79 Å². The number of aromatic nitrogens is 2. The predicted molar refractivity (Wildman–Crippen MR) is 90.0 cm³/mol. The van der Waals surface area contributed by atoms with Gasteiger partial charge in [0.1, 0.15) is 18.2 Å². The number of hydrogen-bond acceptors (Lipinski definition) is 6. The summed E-state index contributed by atoms with van der Waals surface area (Å²) in [6, 6.07) is 2.99. The number of methoxy groups -OCH3 is 1. The van der Waals surface area contributed by atoms with Crippen LogP contribution in [0.25, 0.3) is 0 Å². The van der Waals surface area contributed by atoms with E-state index in [1.807, 2.05) is 0 Å². The Labute approximate surface area is 155 Å². The summed E-state index contributed by atoms with van der Waals surface area (Å²) in [4.78, 5) is 18.1. The van der Waals surface area contributed by atoms with Crippen molar-refractivity contribution >= 4 is 5.91 Å². The Kier molecular flexibility index (Phi) is 6.46. The number of rotatable bonds is 7. The zero-order valence-corrected chi connectivity index (χ0v) is 15.0. The fourth-order valence-corrected chi connectivity index (χ4v) is 2.95. The first-order valence-corrected chi connectivity index (χ1v) is 8.73. The van der Waals surface area contributed by atoms with Crippen LogP contribution in [0.15, 0.2) is 22.7 Å². The summed E-state index contributed by atoms with van der Waals surface area (Å²) in [5.74, 6) is -0.990. The summed E-state index contributed by atoms with van der Waals surface area (Å²) in [5, 5.41) is 3.84. The first-order chi connectivity index (χ1) is 13.1. The van der Waals surface area contributed by atoms with Crippen LogP contribution in [-0.2, 0) is 22.5 Å². The molecule has 2 aromatic rings. The Morgan fingerprint density at radius 1 is 1.33 bits per heavy atom. The Bertz CT molecular complexity index is 776. The molecule has 1 fully saturated rings. The second-order valence-electron chi connectivity index (χ2n) is 6.27. The average molecular weight is 381 g/mol. The van der Waals surface area contributed by atoms with E-state index in [2.05, 4.69) is 10.1 Å². The molecule has 1 aliphatic rings. The van der Waals surface area contributed by atoms with Crippen LogP contribution >= 0.6 is 0 Å². The molecule has 9 heteroatoms. The maximum atomic E-state index is 13.8. The lowest BCUT2D eigenvalue weighted by molar-refractivity contribution is 0.00936. The first-order valence-electron chi connectivity index (χ1n) is 8.73. The molecule has 0 saturated carbocycles. The Balaban J connectivity index is 1.42. The monoisotopic (exact) mass is 381 g/mol. The molecule has 7 nitrogen and oxygen atoms in total. The van der Waals surface area contributed by atoms with E-state index in [4.69, 9.17) is 14.0 Å². The van der Waals surface area contributed by atoms with Crippen molar-refractivity contribution in [1.29, 1.82) is 0 Å². The zero-order valence-electron chi connectivity index (χ0n) is 15.0. The molecule has 2 heterocycles. The van der Waals surface area contributed by atoms with Crippen molar-refractivity contribution in [3.63, 3.8) is 0 Å². The highest BCUT2D eigenvalue weighted by Gasteiger charge is 2.25. The summed E-state index contributed by atoms with van der Waals surface area (Å²) in [5.41, 5.74) is -0.111. The van der Waals surface area contributed by atoms with Gasteiger partial charge in [0.05, 0.1) is 18.3 Å². The average Bonchev–Trinajstić information content (AvgIpc) is 3.10. The number of piperidine rings is 1. The molecular formula is C18H21F2N3O4. The molecule has 146 valence electrons. The summed E-state index contributed by atoms with van der Waals surface area (Å²) in [6.07, 6.45) is 1.83. The van der Waals surface area contributed by atoms with Gasteiger partial charge in [-0.2, -0.15) is 4.98 Å². The van der Waals surface area contributed by atoms with E-state index in [0.29, 0.717) is 50.7 Å². The molecule has 0 N–H and O–H groups in total. The van der Waals surface area contributed by atoms with Crippen LogP contribution in [0.3, 0.4) is 0 Å². The smallest absolute Gasteiger partial charge is 0.256 e. The Morgan fingerprint density at radius 3 is 2.81 bits per heavy atom. The van der Waals surface area contributed by atoms with Gasteiger partial charge < -0.3 is 18.9 Å². The fraction of sp³-hybridized carbons (Fsp3) is 0.500. The predicted octanol–water partition coefficient (Wildman–Crippen LogP) is 2.36. The van der Waals surface area contributed by atoms with Gasteiger partial charge in [-0.1, -0.05) is 5.16 Å². The van der Waals surface area contributed by atoms with Crippen molar-refractivity contribution in [2.24, 2.45) is 0 Å². The van der Waals surface area contributed by atoms with Crippen LogP contribution in [-0.4, -0.2) is 53.9 Å². The van der Waals surface area contributed by atoms with Crippen molar-refractivity contribution in [3.05, 3.63) is 47.1 Å². The zero-order chi connectivity index (χ0) is 19.2. The molecule has 0 radical (unpaired) electrons. The van der Waals surface area contributed by atoms with Crippen LogP contribution in [0.2, 0.25) is 0 Å². The molecular weight excluding hydrogens is 360 g/mol. The van der Waals surface area contributed by atoms with Gasteiger partial charge in [0.15, 0.2) is 5.82 Å². The van der Waals surface area contributed by atoms with E-state index >= 15 is 0 Å². The van der Waals surface area contributed by atoms with E-state index in [1.165, 1.54) is 6.07 Å². The van der Waals surface area contributed by atoms with Crippen LogP contribution in [0, 0.1) is 11.6 Å². The summed E-state index contributed by atoms with van der Waals surface area (Å²) < 4.78 is 42.5. The Morgan fingerprint density at radius 2 is 2.11 bits per heavy atom. The molecule has 1 amide bonds. The van der Waals surface area contributed by atoms with E-state index in [-0.39, 0.29) is 18.3 Å². The van der Waals surface area contributed by atoms with Crippen molar-refractivity contribution < 1.29 is 27.6 Å². The van der Waals surface area contributed by atoms with Gasteiger partial charge in [-0.15, -0.1) is 0 Å². The van der Waals surface area contributed by atoms with Crippen molar-refractivity contribution in [2.45, 2.75) is 32.0 Å². The number of benzene rings is 1. The lowest BCUT2D eigenvalue weighted by Crippen LogP contribution is -2.41. The lowest BCUT2D eigenvalue weighted by atomic mass is 10.1. The lowest BCUT2D eigenvalue weighted by Gasteiger charge is -2.32. The molecule has 0 spiro atoms. The minimum atomic E-state index is -0.841. The molecule has 3 rings (SSSR count). The molecule has 27 heavy (non-hydrogen) atoms. The summed E-state index contributed by atoms with van der Waals surface area (Å²) in [6.45, 7) is 1.63. The van der Waals surface area contributed by atoms with Gasteiger partial charge in [0.25, 0.3) is 11.8 Å². The summed E-state index contributed by atoms with van der Waals surface area (Å²) in [7, 11) is 1.55. The molecule has 1 aliphatic heterocycles. The minimum Gasteiger partial charge on any atom is -0.378 e. The van der Waals surface area contributed by atoms with Crippen molar-refractivity contribution in [3.8, 4) is 0 Å². The Hall–Kier alpha value is -2.39.